The number of nitrogens with zero attached hydrogens (tertiary/aromatic N) is 1. The minimum atomic E-state index is -0.632. The van der Waals surface area contributed by atoms with Crippen molar-refractivity contribution in [2.24, 2.45) is 0 Å². The lowest BCUT2D eigenvalue weighted by atomic mass is 10.2. The first-order valence-electron chi connectivity index (χ1n) is 7.55. The van der Waals surface area contributed by atoms with Crippen LogP contribution in [0.25, 0.3) is 10.9 Å². The Balaban J connectivity index is 0.000000816. The Hall–Kier alpha value is -0.560. The van der Waals surface area contributed by atoms with Crippen LogP contribution in [0.15, 0.2) is 36.5 Å². The highest BCUT2D eigenvalue weighted by Gasteiger charge is 2.37. The average molecular weight is 374 g/mol. The molecule has 0 amide bonds. The van der Waals surface area contributed by atoms with E-state index in [0.717, 1.165) is 16.7 Å². The van der Waals surface area contributed by atoms with Gasteiger partial charge in [0.25, 0.3) is 0 Å². The van der Waals surface area contributed by atoms with Gasteiger partial charge in [0.1, 0.15) is 11.3 Å². The van der Waals surface area contributed by atoms with Gasteiger partial charge in [-0.3, -0.25) is 4.98 Å². The summed E-state index contributed by atoms with van der Waals surface area (Å²) in [6.45, 7) is 13.5. The molecule has 23 heavy (non-hydrogen) atoms. The molecule has 0 atom stereocenters. The van der Waals surface area contributed by atoms with Gasteiger partial charge in [-0.05, 0) is 12.1 Å². The smallest absolute Gasteiger partial charge is 0.149 e. The third kappa shape index (κ3) is 6.10. The van der Waals surface area contributed by atoms with E-state index in [9.17, 15) is 0 Å². The SMILES string of the molecule is CC(C)(C)P(Oc1cccc2cccnc12)C(C)(C)C.ClCCl. The van der Waals surface area contributed by atoms with Crippen molar-refractivity contribution >= 4 is 42.3 Å². The molecule has 2 aromatic rings. The second-order valence-corrected chi connectivity index (χ2v) is 11.4. The number of halogens is 2. The van der Waals surface area contributed by atoms with Crippen molar-refractivity contribution in [3.8, 4) is 5.75 Å². The Morgan fingerprint density at radius 3 is 2.00 bits per heavy atom. The van der Waals surface area contributed by atoms with Crippen LogP contribution >= 0.6 is 31.4 Å². The van der Waals surface area contributed by atoms with Crippen molar-refractivity contribution in [3.05, 3.63) is 36.5 Å². The summed E-state index contributed by atoms with van der Waals surface area (Å²) in [6, 6.07) is 10.2. The molecule has 1 aromatic heterocycles. The summed E-state index contributed by atoms with van der Waals surface area (Å²) in [7, 11) is -0.632. The molecule has 2 rings (SSSR count). The van der Waals surface area contributed by atoms with Crippen molar-refractivity contribution in [1.29, 1.82) is 0 Å². The number of rotatable bonds is 2. The second-order valence-electron chi connectivity index (χ2n) is 7.16. The van der Waals surface area contributed by atoms with E-state index in [4.69, 9.17) is 27.7 Å². The summed E-state index contributed by atoms with van der Waals surface area (Å²) >= 11 is 9.53. The Morgan fingerprint density at radius 2 is 1.48 bits per heavy atom. The van der Waals surface area contributed by atoms with Gasteiger partial charge in [-0.2, -0.15) is 0 Å². The van der Waals surface area contributed by atoms with E-state index >= 15 is 0 Å². The van der Waals surface area contributed by atoms with Crippen molar-refractivity contribution < 1.29 is 4.52 Å². The molecule has 0 N–H and O–H groups in total. The number of hydrogen-bond acceptors (Lipinski definition) is 2. The zero-order valence-corrected chi connectivity index (χ0v) is 17.1. The fourth-order valence-electron chi connectivity index (χ4n) is 2.53. The van der Waals surface area contributed by atoms with Crippen molar-refractivity contribution in [2.75, 3.05) is 5.34 Å². The van der Waals surface area contributed by atoms with Crippen LogP contribution in [0, 0.1) is 0 Å². The van der Waals surface area contributed by atoms with Crippen LogP contribution in [0.2, 0.25) is 0 Å². The lowest BCUT2D eigenvalue weighted by Gasteiger charge is -2.39. The normalized spacial score (nSPS) is 12.0. The van der Waals surface area contributed by atoms with E-state index in [2.05, 4.69) is 58.7 Å². The van der Waals surface area contributed by atoms with E-state index in [-0.39, 0.29) is 15.7 Å². The van der Waals surface area contributed by atoms with E-state index in [1.807, 2.05) is 24.4 Å². The Bertz CT molecular complexity index is 601. The van der Waals surface area contributed by atoms with Gasteiger partial charge in [-0.15, -0.1) is 23.2 Å². The number of aromatic nitrogens is 1. The first-order chi connectivity index (χ1) is 10.6. The summed E-state index contributed by atoms with van der Waals surface area (Å²) in [5.41, 5.74) is 0.955. The van der Waals surface area contributed by atoms with E-state index in [1.165, 1.54) is 0 Å². The van der Waals surface area contributed by atoms with Gasteiger partial charge < -0.3 is 4.52 Å². The Morgan fingerprint density at radius 1 is 0.957 bits per heavy atom. The molecule has 0 spiro atoms. The van der Waals surface area contributed by atoms with Crippen LogP contribution in [-0.2, 0) is 0 Å². The largest absolute Gasteiger partial charge is 0.471 e. The molecule has 0 saturated carbocycles. The topological polar surface area (TPSA) is 22.1 Å². The van der Waals surface area contributed by atoms with E-state index < -0.39 is 8.15 Å². The molecule has 0 saturated heterocycles. The predicted octanol–water partition coefficient (Wildman–Crippen LogP) is 7.03. The molecule has 0 aliphatic rings. The molecule has 0 aliphatic heterocycles. The zero-order chi connectivity index (χ0) is 17.7. The zero-order valence-electron chi connectivity index (χ0n) is 14.7. The van der Waals surface area contributed by atoms with Gasteiger partial charge >= 0.3 is 0 Å². The number of hydrogen-bond donors (Lipinski definition) is 0. The lowest BCUT2D eigenvalue weighted by molar-refractivity contribution is 0.536. The Kier molecular flexibility index (Phi) is 7.58. The summed E-state index contributed by atoms with van der Waals surface area (Å²) < 4.78 is 6.46. The van der Waals surface area contributed by atoms with Crippen LogP contribution in [0.4, 0.5) is 0 Å². The third-order valence-electron chi connectivity index (χ3n) is 3.00. The molecule has 1 aromatic carbocycles. The average Bonchev–Trinajstić information content (AvgIpc) is 2.43. The minimum absolute atomic E-state index is 0.129. The lowest BCUT2D eigenvalue weighted by Crippen LogP contribution is -2.27. The quantitative estimate of drug-likeness (QED) is 0.416. The molecular formula is C18H26Cl2NOP. The van der Waals surface area contributed by atoms with E-state index in [1.54, 1.807) is 0 Å². The predicted molar refractivity (Wildman–Crippen MR) is 105 cm³/mol. The van der Waals surface area contributed by atoms with Crippen LogP contribution in [0.1, 0.15) is 41.5 Å². The maximum absolute atomic E-state index is 6.46. The first-order valence-corrected chi connectivity index (χ1v) is 9.88. The second kappa shape index (κ2) is 8.51. The van der Waals surface area contributed by atoms with Gasteiger partial charge in [0, 0.05) is 21.9 Å². The first kappa shape index (κ1) is 20.5. The third-order valence-corrected chi connectivity index (χ3v) is 5.82. The maximum atomic E-state index is 6.46. The molecule has 2 nitrogen and oxygen atoms in total. The monoisotopic (exact) mass is 373 g/mol. The molecule has 0 fully saturated rings. The van der Waals surface area contributed by atoms with Crippen LogP contribution < -0.4 is 4.52 Å². The highest BCUT2D eigenvalue weighted by atomic mass is 35.5. The summed E-state index contributed by atoms with van der Waals surface area (Å²) in [6.07, 6.45) is 1.83. The summed E-state index contributed by atoms with van der Waals surface area (Å²) in [5.74, 6) is 0.902. The van der Waals surface area contributed by atoms with Crippen molar-refractivity contribution in [3.63, 3.8) is 0 Å². The van der Waals surface area contributed by atoms with Gasteiger partial charge in [-0.1, -0.05) is 59.7 Å². The number of para-hydroxylation sites is 1. The highest BCUT2D eigenvalue weighted by Crippen LogP contribution is 2.59. The number of fused-ring (bicyclic) bond motifs is 1. The van der Waals surface area contributed by atoms with Crippen molar-refractivity contribution in [1.82, 2.24) is 4.98 Å². The molecule has 0 aliphatic carbocycles. The molecule has 0 unspecified atom stereocenters. The number of benzene rings is 1. The van der Waals surface area contributed by atoms with Crippen LogP contribution in [0.5, 0.6) is 5.75 Å². The molecule has 0 radical (unpaired) electrons. The van der Waals surface area contributed by atoms with Crippen LogP contribution in [0.3, 0.4) is 0 Å². The minimum Gasteiger partial charge on any atom is -0.471 e. The molecular weight excluding hydrogens is 348 g/mol. The highest BCUT2D eigenvalue weighted by molar-refractivity contribution is 7.56. The van der Waals surface area contributed by atoms with Gasteiger partial charge in [0.2, 0.25) is 0 Å². The molecule has 128 valence electrons. The van der Waals surface area contributed by atoms with Gasteiger partial charge in [-0.25, -0.2) is 0 Å². The standard InChI is InChI=1S/C17H24NOP.CH2Cl2/c1-16(2,3)20(17(4,5)6)19-14-11-7-9-13-10-8-12-18-15(13)14;2-1-3/h7-12H,1-6H3;1H2. The van der Waals surface area contributed by atoms with Gasteiger partial charge in [0.15, 0.2) is 0 Å². The summed E-state index contributed by atoms with van der Waals surface area (Å²) in [4.78, 5) is 4.48. The summed E-state index contributed by atoms with van der Waals surface area (Å²) in [5, 5.41) is 1.58. The molecule has 1 heterocycles. The van der Waals surface area contributed by atoms with Gasteiger partial charge in [0.05, 0.1) is 13.5 Å². The number of pyridine rings is 1. The molecule has 5 heteroatoms. The number of alkyl halides is 2. The van der Waals surface area contributed by atoms with Crippen molar-refractivity contribution in [2.45, 2.75) is 51.9 Å². The Labute approximate surface area is 151 Å². The van der Waals surface area contributed by atoms with Crippen LogP contribution in [-0.4, -0.2) is 20.6 Å². The fraction of sp³-hybridized carbons (Fsp3) is 0.500. The fourth-order valence-corrected chi connectivity index (χ4v) is 5.43. The van der Waals surface area contributed by atoms with E-state index in [0.29, 0.717) is 0 Å². The maximum Gasteiger partial charge on any atom is 0.149 e. The molecule has 0 bridgehead atoms.